The third-order valence-electron chi connectivity index (χ3n) is 3.55. The van der Waals surface area contributed by atoms with Crippen molar-refractivity contribution in [1.29, 1.82) is 0 Å². The van der Waals surface area contributed by atoms with Crippen molar-refractivity contribution in [2.24, 2.45) is 22.2 Å². The lowest BCUT2D eigenvalue weighted by Crippen LogP contribution is -2.54. The Kier molecular flexibility index (Phi) is 12.6. The van der Waals surface area contributed by atoms with Gasteiger partial charge in [0.2, 0.25) is 17.7 Å². The van der Waals surface area contributed by atoms with E-state index in [-0.39, 0.29) is 31.1 Å². The lowest BCUT2D eigenvalue weighted by molar-refractivity contribution is -0.141. The highest BCUT2D eigenvalue weighted by Crippen LogP contribution is 2.01. The van der Waals surface area contributed by atoms with E-state index in [1.807, 2.05) is 0 Å². The van der Waals surface area contributed by atoms with Crippen molar-refractivity contribution in [2.45, 2.75) is 37.4 Å². The van der Waals surface area contributed by atoms with E-state index in [1.54, 1.807) is 0 Å². The molecular formula is C15H27N7O7S. The molecule has 0 heterocycles. The average molecular weight is 449 g/mol. The number of carbonyl (C=O) groups is 5. The molecule has 0 aliphatic carbocycles. The lowest BCUT2D eigenvalue weighted by Gasteiger charge is -2.21. The van der Waals surface area contributed by atoms with Gasteiger partial charge in [-0.3, -0.25) is 24.2 Å². The SMILES string of the molecule is NC(N)=NCCC[C@@H](NC(=O)CNC(=O)[C@H](N)CC(=O)O)C(=O)N[C@H](CS)C(=O)O. The van der Waals surface area contributed by atoms with Gasteiger partial charge in [-0.05, 0) is 12.8 Å². The molecule has 0 saturated carbocycles. The van der Waals surface area contributed by atoms with E-state index >= 15 is 0 Å². The number of carbonyl (C=O) groups excluding carboxylic acids is 3. The van der Waals surface area contributed by atoms with Gasteiger partial charge in [0.05, 0.1) is 19.0 Å². The van der Waals surface area contributed by atoms with Gasteiger partial charge in [-0.2, -0.15) is 12.6 Å². The molecule has 3 amide bonds. The number of rotatable bonds is 14. The molecule has 0 aromatic carbocycles. The number of thiol groups is 1. The monoisotopic (exact) mass is 449 g/mol. The standard InChI is InChI=1S/C15H27N7O7S/c16-7(4-11(24)25)12(26)20-5-10(23)21-8(2-1-3-19-15(17)18)13(27)22-9(6-30)14(28)29/h7-9,30H,1-6,16H2,(H,20,26)(H,21,23)(H,22,27)(H,24,25)(H,28,29)(H4,17,18,19)/t7-,8-,9-/m1/s1. The quantitative estimate of drug-likeness (QED) is 0.0536. The molecule has 0 aromatic heterocycles. The second-order valence-corrected chi connectivity index (χ2v) is 6.44. The van der Waals surface area contributed by atoms with Gasteiger partial charge in [0.15, 0.2) is 5.96 Å². The van der Waals surface area contributed by atoms with Gasteiger partial charge in [0.1, 0.15) is 12.1 Å². The van der Waals surface area contributed by atoms with Crippen molar-refractivity contribution in [3.63, 3.8) is 0 Å². The zero-order chi connectivity index (χ0) is 23.3. The predicted octanol–water partition coefficient (Wildman–Crippen LogP) is -4.06. The lowest BCUT2D eigenvalue weighted by atomic mass is 10.1. The zero-order valence-electron chi connectivity index (χ0n) is 16.0. The van der Waals surface area contributed by atoms with E-state index in [0.29, 0.717) is 0 Å². The van der Waals surface area contributed by atoms with E-state index in [2.05, 4.69) is 33.6 Å². The Morgan fingerprint density at radius 3 is 2.13 bits per heavy atom. The van der Waals surface area contributed by atoms with Gasteiger partial charge in [-0.15, -0.1) is 0 Å². The Balaban J connectivity index is 4.91. The molecule has 0 rings (SSSR count). The number of aliphatic imine (C=N–C) groups is 1. The predicted molar refractivity (Wildman–Crippen MR) is 108 cm³/mol. The number of hydrogen-bond donors (Lipinski definition) is 9. The van der Waals surface area contributed by atoms with Crippen LogP contribution < -0.4 is 33.2 Å². The van der Waals surface area contributed by atoms with Crippen LogP contribution in [0, 0.1) is 0 Å². The smallest absolute Gasteiger partial charge is 0.327 e. The van der Waals surface area contributed by atoms with Crippen LogP contribution in [-0.4, -0.2) is 82.8 Å². The summed E-state index contributed by atoms with van der Waals surface area (Å²) >= 11 is 3.85. The molecule has 30 heavy (non-hydrogen) atoms. The summed E-state index contributed by atoms with van der Waals surface area (Å²) in [5.41, 5.74) is 15.8. The molecule has 0 radical (unpaired) electrons. The first-order valence-electron chi connectivity index (χ1n) is 8.71. The van der Waals surface area contributed by atoms with Crippen LogP contribution in [0.3, 0.4) is 0 Å². The number of nitrogens with one attached hydrogen (secondary N) is 3. The maximum atomic E-state index is 12.4. The maximum absolute atomic E-state index is 12.4. The molecule has 11 N–H and O–H groups in total. The van der Waals surface area contributed by atoms with Gasteiger partial charge in [-0.1, -0.05) is 0 Å². The molecule has 0 bridgehead atoms. The maximum Gasteiger partial charge on any atom is 0.327 e. The van der Waals surface area contributed by atoms with Crippen molar-refractivity contribution in [2.75, 3.05) is 18.8 Å². The zero-order valence-corrected chi connectivity index (χ0v) is 16.9. The molecule has 3 atom stereocenters. The number of nitrogens with two attached hydrogens (primary N) is 3. The summed E-state index contributed by atoms with van der Waals surface area (Å²) in [5.74, 6) is -5.31. The molecule has 170 valence electrons. The van der Waals surface area contributed by atoms with Crippen LogP contribution in [0.2, 0.25) is 0 Å². The van der Waals surface area contributed by atoms with Crippen LogP contribution in [0.5, 0.6) is 0 Å². The normalized spacial score (nSPS) is 13.3. The topological polar surface area (TPSA) is 252 Å². The second-order valence-electron chi connectivity index (χ2n) is 6.07. The first-order chi connectivity index (χ1) is 14.0. The minimum Gasteiger partial charge on any atom is -0.481 e. The van der Waals surface area contributed by atoms with Gasteiger partial charge in [0, 0.05) is 12.3 Å². The van der Waals surface area contributed by atoms with Crippen LogP contribution in [0.25, 0.3) is 0 Å². The van der Waals surface area contributed by atoms with Crippen LogP contribution in [0.15, 0.2) is 4.99 Å². The summed E-state index contributed by atoms with van der Waals surface area (Å²) in [7, 11) is 0. The summed E-state index contributed by atoms with van der Waals surface area (Å²) in [6, 6.07) is -3.76. The van der Waals surface area contributed by atoms with E-state index in [0.717, 1.165) is 0 Å². The molecular weight excluding hydrogens is 422 g/mol. The molecule has 0 spiro atoms. The number of guanidine groups is 1. The van der Waals surface area contributed by atoms with Crippen molar-refractivity contribution >= 4 is 48.2 Å². The first kappa shape index (κ1) is 26.9. The van der Waals surface area contributed by atoms with Gasteiger partial charge >= 0.3 is 11.9 Å². The van der Waals surface area contributed by atoms with Gasteiger partial charge in [0.25, 0.3) is 0 Å². The third kappa shape index (κ3) is 11.7. The number of hydrogen-bond acceptors (Lipinski definition) is 8. The van der Waals surface area contributed by atoms with Crippen molar-refractivity contribution in [1.82, 2.24) is 16.0 Å². The number of nitrogens with zero attached hydrogens (tertiary/aromatic N) is 1. The molecule has 0 unspecified atom stereocenters. The van der Waals surface area contributed by atoms with E-state index in [9.17, 15) is 24.0 Å². The van der Waals surface area contributed by atoms with Gasteiger partial charge in [-0.25, -0.2) is 4.79 Å². The Labute approximate surface area is 177 Å². The molecule has 0 aromatic rings. The molecule has 0 fully saturated rings. The largest absolute Gasteiger partial charge is 0.481 e. The highest BCUT2D eigenvalue weighted by Gasteiger charge is 2.26. The van der Waals surface area contributed by atoms with E-state index < -0.39 is 60.8 Å². The number of carboxylic acid groups (broad SMARTS) is 2. The molecule has 14 nitrogen and oxygen atoms in total. The molecule has 15 heteroatoms. The molecule has 0 aliphatic rings. The van der Waals surface area contributed by atoms with Crippen LogP contribution in [0.1, 0.15) is 19.3 Å². The molecule has 0 aliphatic heterocycles. The van der Waals surface area contributed by atoms with Crippen molar-refractivity contribution in [3.8, 4) is 0 Å². The summed E-state index contributed by atoms with van der Waals surface area (Å²) in [5, 5.41) is 24.4. The van der Waals surface area contributed by atoms with Crippen LogP contribution >= 0.6 is 12.6 Å². The third-order valence-corrected chi connectivity index (χ3v) is 3.91. The fourth-order valence-electron chi connectivity index (χ4n) is 2.05. The highest BCUT2D eigenvalue weighted by molar-refractivity contribution is 7.80. The van der Waals surface area contributed by atoms with Crippen molar-refractivity contribution in [3.05, 3.63) is 0 Å². The highest BCUT2D eigenvalue weighted by atomic mass is 32.1. The number of aliphatic carboxylic acids is 2. The summed E-state index contributed by atoms with van der Waals surface area (Å²) in [4.78, 5) is 61.5. The van der Waals surface area contributed by atoms with E-state index in [1.165, 1.54) is 0 Å². The first-order valence-corrected chi connectivity index (χ1v) is 9.35. The Hall–Kier alpha value is -3.07. The Morgan fingerprint density at radius 2 is 1.63 bits per heavy atom. The summed E-state index contributed by atoms with van der Waals surface area (Å²) in [6.07, 6.45) is -0.270. The van der Waals surface area contributed by atoms with Crippen LogP contribution in [0.4, 0.5) is 0 Å². The summed E-state index contributed by atoms with van der Waals surface area (Å²) in [6.45, 7) is -0.406. The Morgan fingerprint density at radius 1 is 1.00 bits per heavy atom. The number of carboxylic acids is 2. The fourth-order valence-corrected chi connectivity index (χ4v) is 2.30. The molecule has 0 saturated heterocycles. The fraction of sp³-hybridized carbons (Fsp3) is 0.600. The van der Waals surface area contributed by atoms with Gasteiger partial charge < -0.3 is 43.4 Å². The average Bonchev–Trinajstić information content (AvgIpc) is 2.65. The van der Waals surface area contributed by atoms with E-state index in [4.69, 9.17) is 27.4 Å². The van der Waals surface area contributed by atoms with Crippen LogP contribution in [-0.2, 0) is 24.0 Å². The minimum atomic E-state index is -1.35. The van der Waals surface area contributed by atoms with Crippen molar-refractivity contribution < 1.29 is 34.2 Å². The second kappa shape index (κ2) is 14.0. The summed E-state index contributed by atoms with van der Waals surface area (Å²) < 4.78 is 0. The minimum absolute atomic E-state index is 0.0692. The number of amides is 3. The Bertz CT molecular complexity index is 670.